The maximum absolute atomic E-state index is 10.8. The minimum atomic E-state index is -1.38. The Morgan fingerprint density at radius 2 is 1.06 bits per heavy atom. The van der Waals surface area contributed by atoms with Crippen molar-refractivity contribution < 1.29 is 15.3 Å². The molecule has 0 spiro atoms. The molecule has 0 saturated heterocycles. The van der Waals surface area contributed by atoms with Gasteiger partial charge in [-0.05, 0) is 26.7 Å². The number of hydrogen-bond donors (Lipinski definition) is 3. The van der Waals surface area contributed by atoms with Crippen LogP contribution in [0.1, 0.15) is 55.4 Å². The highest BCUT2D eigenvalue weighted by Crippen LogP contribution is 2.63. The van der Waals surface area contributed by atoms with Gasteiger partial charge in [-0.15, -0.1) is 0 Å². The molecule has 0 aromatic carbocycles. The molecule has 0 radical (unpaired) electrons. The zero-order valence-electron chi connectivity index (χ0n) is 12.4. The van der Waals surface area contributed by atoms with Gasteiger partial charge in [0.05, 0.1) is 16.8 Å². The van der Waals surface area contributed by atoms with Crippen molar-refractivity contribution in [3.05, 3.63) is 0 Å². The Bertz CT molecular complexity index is 294. The average Bonchev–Trinajstić information content (AvgIpc) is 2.13. The molecular weight excluding hydrogens is 216 g/mol. The highest BCUT2D eigenvalue weighted by atomic mass is 16.4. The second-order valence-corrected chi connectivity index (χ2v) is 7.36. The summed E-state index contributed by atoms with van der Waals surface area (Å²) in [5, 5.41) is 32.4. The number of aliphatic hydroxyl groups is 3. The molecule has 0 amide bonds. The molecule has 3 heteroatoms. The van der Waals surface area contributed by atoms with E-state index < -0.39 is 27.6 Å². The summed E-state index contributed by atoms with van der Waals surface area (Å²) in [6.45, 7) is 14.4. The van der Waals surface area contributed by atoms with Gasteiger partial charge >= 0.3 is 0 Å². The first-order valence-corrected chi connectivity index (χ1v) is 6.33. The largest absolute Gasteiger partial charge is 0.389 e. The second kappa shape index (κ2) is 3.25. The Morgan fingerprint density at radius 1 is 0.706 bits per heavy atom. The third kappa shape index (κ3) is 1.33. The molecule has 1 aliphatic carbocycles. The molecule has 0 aromatic heterocycles. The molecule has 0 heterocycles. The van der Waals surface area contributed by atoms with Gasteiger partial charge in [0.25, 0.3) is 0 Å². The Balaban J connectivity index is 3.56. The SMILES string of the molecule is CC1C(C)(C)C(C)(O)C(C)(O)C(C)(C)C1(C)O. The van der Waals surface area contributed by atoms with E-state index in [0.717, 1.165) is 0 Å². The van der Waals surface area contributed by atoms with Gasteiger partial charge in [0.15, 0.2) is 0 Å². The molecule has 102 valence electrons. The third-order valence-corrected chi connectivity index (χ3v) is 6.61. The first kappa shape index (κ1) is 14.9. The summed E-state index contributed by atoms with van der Waals surface area (Å²) in [7, 11) is 0. The smallest absolute Gasteiger partial charge is 0.0985 e. The van der Waals surface area contributed by atoms with E-state index in [1.54, 1.807) is 20.8 Å². The average molecular weight is 244 g/mol. The lowest BCUT2D eigenvalue weighted by atomic mass is 9.42. The molecule has 1 rings (SSSR count). The zero-order chi connectivity index (χ0) is 14.1. The van der Waals surface area contributed by atoms with Crippen LogP contribution in [0.25, 0.3) is 0 Å². The summed E-state index contributed by atoms with van der Waals surface area (Å²) in [4.78, 5) is 0. The first-order chi connectivity index (χ1) is 7.15. The van der Waals surface area contributed by atoms with Gasteiger partial charge < -0.3 is 15.3 Å². The van der Waals surface area contributed by atoms with E-state index >= 15 is 0 Å². The summed E-state index contributed by atoms with van der Waals surface area (Å²) in [5.74, 6) is -0.139. The summed E-state index contributed by atoms with van der Waals surface area (Å²) >= 11 is 0. The molecule has 0 bridgehead atoms. The number of rotatable bonds is 0. The van der Waals surface area contributed by atoms with Crippen molar-refractivity contribution in [3.63, 3.8) is 0 Å². The van der Waals surface area contributed by atoms with E-state index in [9.17, 15) is 15.3 Å². The van der Waals surface area contributed by atoms with E-state index in [1.165, 1.54) is 0 Å². The van der Waals surface area contributed by atoms with Crippen LogP contribution in [0.4, 0.5) is 0 Å². The third-order valence-electron chi connectivity index (χ3n) is 6.61. The van der Waals surface area contributed by atoms with Gasteiger partial charge in [-0.2, -0.15) is 0 Å². The van der Waals surface area contributed by atoms with Crippen molar-refractivity contribution in [2.24, 2.45) is 16.7 Å². The van der Waals surface area contributed by atoms with Gasteiger partial charge in [0, 0.05) is 10.8 Å². The highest BCUT2D eigenvalue weighted by Gasteiger charge is 2.72. The van der Waals surface area contributed by atoms with E-state index in [-0.39, 0.29) is 5.92 Å². The van der Waals surface area contributed by atoms with Crippen LogP contribution in [0.2, 0.25) is 0 Å². The Morgan fingerprint density at radius 3 is 1.41 bits per heavy atom. The molecule has 0 aliphatic heterocycles. The topological polar surface area (TPSA) is 60.7 Å². The van der Waals surface area contributed by atoms with Crippen molar-refractivity contribution >= 4 is 0 Å². The monoisotopic (exact) mass is 244 g/mol. The van der Waals surface area contributed by atoms with Crippen LogP contribution >= 0.6 is 0 Å². The van der Waals surface area contributed by atoms with E-state index in [4.69, 9.17) is 0 Å². The maximum Gasteiger partial charge on any atom is 0.0985 e. The molecule has 1 saturated carbocycles. The first-order valence-electron chi connectivity index (χ1n) is 6.33. The van der Waals surface area contributed by atoms with Gasteiger partial charge in [0.1, 0.15) is 0 Å². The van der Waals surface area contributed by atoms with Crippen LogP contribution in [-0.2, 0) is 0 Å². The number of hydrogen-bond acceptors (Lipinski definition) is 3. The normalized spacial score (nSPS) is 53.5. The summed E-state index contributed by atoms with van der Waals surface area (Å²) in [6, 6.07) is 0. The summed E-state index contributed by atoms with van der Waals surface area (Å²) in [6.07, 6.45) is 0. The van der Waals surface area contributed by atoms with Crippen molar-refractivity contribution in [1.29, 1.82) is 0 Å². The van der Waals surface area contributed by atoms with Crippen LogP contribution in [0.15, 0.2) is 0 Å². The van der Waals surface area contributed by atoms with Crippen molar-refractivity contribution in [2.75, 3.05) is 0 Å². The Hall–Kier alpha value is -0.120. The Labute approximate surface area is 105 Å². The summed E-state index contributed by atoms with van der Waals surface area (Å²) < 4.78 is 0. The lowest BCUT2D eigenvalue weighted by Gasteiger charge is -2.68. The predicted octanol–water partition coefficient (Wildman–Crippen LogP) is 1.94. The molecule has 1 fully saturated rings. The standard InChI is InChI=1S/C14H28O3/c1-9-10(2,3)13(7,16)14(8,17)11(4,5)12(9,6)15/h9,15-17H,1-8H3. The van der Waals surface area contributed by atoms with Crippen LogP contribution in [0.3, 0.4) is 0 Å². The molecule has 4 unspecified atom stereocenters. The minimum absolute atomic E-state index is 0.139. The van der Waals surface area contributed by atoms with Crippen LogP contribution in [0, 0.1) is 16.7 Å². The van der Waals surface area contributed by atoms with Gasteiger partial charge in [-0.1, -0.05) is 34.6 Å². The fourth-order valence-corrected chi connectivity index (χ4v) is 3.39. The Kier molecular flexibility index (Phi) is 2.86. The van der Waals surface area contributed by atoms with Crippen molar-refractivity contribution in [3.8, 4) is 0 Å². The van der Waals surface area contributed by atoms with Gasteiger partial charge in [0.2, 0.25) is 0 Å². The molecule has 3 nitrogen and oxygen atoms in total. The zero-order valence-corrected chi connectivity index (χ0v) is 12.4. The fourth-order valence-electron chi connectivity index (χ4n) is 3.39. The van der Waals surface area contributed by atoms with Crippen LogP contribution in [0.5, 0.6) is 0 Å². The minimum Gasteiger partial charge on any atom is -0.389 e. The quantitative estimate of drug-likeness (QED) is 0.610. The van der Waals surface area contributed by atoms with E-state index in [1.807, 2.05) is 34.6 Å². The van der Waals surface area contributed by atoms with Crippen LogP contribution in [-0.4, -0.2) is 32.1 Å². The van der Waals surface area contributed by atoms with Crippen LogP contribution < -0.4 is 0 Å². The molecule has 1 aliphatic rings. The maximum atomic E-state index is 10.8. The lowest BCUT2D eigenvalue weighted by molar-refractivity contribution is -0.337. The van der Waals surface area contributed by atoms with Gasteiger partial charge in [-0.25, -0.2) is 0 Å². The summed E-state index contributed by atoms with van der Waals surface area (Å²) in [5.41, 5.74) is -5.10. The molecule has 3 N–H and O–H groups in total. The molecule has 0 aromatic rings. The second-order valence-electron chi connectivity index (χ2n) is 7.36. The van der Waals surface area contributed by atoms with Crippen molar-refractivity contribution in [1.82, 2.24) is 0 Å². The van der Waals surface area contributed by atoms with E-state index in [0.29, 0.717) is 0 Å². The molecular formula is C14H28O3. The lowest BCUT2D eigenvalue weighted by Crippen LogP contribution is -2.78. The predicted molar refractivity (Wildman–Crippen MR) is 68.6 cm³/mol. The highest BCUT2D eigenvalue weighted by molar-refractivity contribution is 5.22. The van der Waals surface area contributed by atoms with E-state index in [2.05, 4.69) is 0 Å². The molecule has 4 atom stereocenters. The fraction of sp³-hybridized carbons (Fsp3) is 1.00. The van der Waals surface area contributed by atoms with Gasteiger partial charge in [-0.3, -0.25) is 0 Å². The molecule has 17 heavy (non-hydrogen) atoms. The van der Waals surface area contributed by atoms with Crippen molar-refractivity contribution in [2.45, 2.75) is 72.2 Å².